The number of carbonyl (C=O) groups is 1. The first-order valence-electron chi connectivity index (χ1n) is 7.16. The van der Waals surface area contributed by atoms with Gasteiger partial charge in [-0.2, -0.15) is 0 Å². The van der Waals surface area contributed by atoms with Crippen LogP contribution in [0.5, 0.6) is 0 Å². The van der Waals surface area contributed by atoms with Crippen LogP contribution in [0, 0.1) is 5.41 Å². The number of piperidine rings is 1. The predicted molar refractivity (Wildman–Crippen MR) is 72.8 cm³/mol. The van der Waals surface area contributed by atoms with E-state index < -0.39 is 5.41 Å². The van der Waals surface area contributed by atoms with Gasteiger partial charge >= 0.3 is 0 Å². The molecule has 1 aromatic rings. The summed E-state index contributed by atoms with van der Waals surface area (Å²) in [6.45, 7) is 6.08. The lowest BCUT2D eigenvalue weighted by Crippen LogP contribution is -2.66. The maximum Gasteiger partial charge on any atom is 0.230 e. The number of hydrogen-bond donors (Lipinski definition) is 1. The Balaban J connectivity index is 1.84. The van der Waals surface area contributed by atoms with Gasteiger partial charge in [-0.05, 0) is 31.4 Å². The molecule has 2 fully saturated rings. The number of fused-ring (bicyclic) bond motifs is 2. The first-order valence-corrected chi connectivity index (χ1v) is 7.16. The van der Waals surface area contributed by atoms with Crippen molar-refractivity contribution in [2.75, 3.05) is 0 Å². The van der Waals surface area contributed by atoms with Gasteiger partial charge in [0.2, 0.25) is 5.91 Å². The van der Waals surface area contributed by atoms with Crippen molar-refractivity contribution >= 4 is 5.91 Å². The second-order valence-electron chi connectivity index (χ2n) is 6.68. The second kappa shape index (κ2) is 3.62. The van der Waals surface area contributed by atoms with E-state index in [0.717, 1.165) is 12.0 Å². The quantitative estimate of drug-likeness (QED) is 0.853. The molecule has 0 spiro atoms. The van der Waals surface area contributed by atoms with E-state index in [0.29, 0.717) is 0 Å². The Morgan fingerprint density at radius 3 is 2.65 bits per heavy atom. The number of rotatable bonds is 1. The Morgan fingerprint density at radius 2 is 1.95 bits per heavy atom. The molecule has 3 heterocycles. The summed E-state index contributed by atoms with van der Waals surface area (Å²) in [5, 5.41) is 3.17. The van der Waals surface area contributed by atoms with E-state index in [9.17, 15) is 4.79 Å². The number of nitrogens with one attached hydrogen (secondary N) is 1. The average Bonchev–Trinajstić information content (AvgIpc) is 2.38. The smallest absolute Gasteiger partial charge is 0.230 e. The SMILES string of the molecule is CC1OC(C2(C)CC3(C)C(=O)NC2c2ccccc23)O1. The molecule has 1 amide bonds. The Morgan fingerprint density at radius 1 is 1.25 bits per heavy atom. The molecule has 3 unspecified atom stereocenters. The fourth-order valence-electron chi connectivity index (χ4n) is 4.19. The summed E-state index contributed by atoms with van der Waals surface area (Å²) >= 11 is 0. The van der Waals surface area contributed by atoms with Crippen molar-refractivity contribution < 1.29 is 14.3 Å². The molecule has 5 rings (SSSR count). The van der Waals surface area contributed by atoms with Gasteiger partial charge in [0.15, 0.2) is 12.6 Å². The summed E-state index contributed by atoms with van der Waals surface area (Å²) in [6, 6.07) is 8.18. The molecule has 0 saturated carbocycles. The average molecular weight is 273 g/mol. The third-order valence-electron chi connectivity index (χ3n) is 5.21. The highest BCUT2D eigenvalue weighted by atomic mass is 16.9. The molecule has 3 atom stereocenters. The Bertz CT molecular complexity index is 595. The lowest BCUT2D eigenvalue weighted by Gasteiger charge is -2.59. The fourth-order valence-corrected chi connectivity index (χ4v) is 4.19. The van der Waals surface area contributed by atoms with Gasteiger partial charge in [0.25, 0.3) is 0 Å². The molecule has 0 aromatic heterocycles. The molecule has 1 aromatic carbocycles. The monoisotopic (exact) mass is 273 g/mol. The normalized spacial score (nSPS) is 45.5. The van der Waals surface area contributed by atoms with E-state index in [1.54, 1.807) is 0 Å². The molecular weight excluding hydrogens is 254 g/mol. The molecule has 4 heteroatoms. The van der Waals surface area contributed by atoms with Crippen molar-refractivity contribution in [3.63, 3.8) is 0 Å². The van der Waals surface area contributed by atoms with Gasteiger partial charge in [-0.15, -0.1) is 0 Å². The molecule has 106 valence electrons. The zero-order chi connectivity index (χ0) is 14.1. The number of benzene rings is 1. The van der Waals surface area contributed by atoms with Crippen LogP contribution in [0.25, 0.3) is 0 Å². The number of hydrogen-bond acceptors (Lipinski definition) is 3. The van der Waals surface area contributed by atoms with Crippen LogP contribution >= 0.6 is 0 Å². The highest BCUT2D eigenvalue weighted by Gasteiger charge is 2.62. The van der Waals surface area contributed by atoms with Crippen molar-refractivity contribution in [3.05, 3.63) is 35.4 Å². The molecular formula is C16H19NO3. The summed E-state index contributed by atoms with van der Waals surface area (Å²) in [5.41, 5.74) is 1.64. The minimum atomic E-state index is -0.494. The molecule has 4 aliphatic rings. The zero-order valence-electron chi connectivity index (χ0n) is 12.0. The summed E-state index contributed by atoms with van der Waals surface area (Å²) in [5.74, 6) is 0.117. The summed E-state index contributed by atoms with van der Waals surface area (Å²) in [4.78, 5) is 12.4. The van der Waals surface area contributed by atoms with Crippen LogP contribution in [0.4, 0.5) is 0 Å². The zero-order valence-corrected chi connectivity index (χ0v) is 12.0. The lowest BCUT2D eigenvalue weighted by molar-refractivity contribution is -0.415. The molecule has 0 radical (unpaired) electrons. The number of amides is 1. The van der Waals surface area contributed by atoms with Crippen LogP contribution in [0.15, 0.2) is 24.3 Å². The van der Waals surface area contributed by atoms with E-state index in [1.165, 1.54) is 5.56 Å². The van der Waals surface area contributed by atoms with E-state index in [2.05, 4.69) is 24.4 Å². The maximum absolute atomic E-state index is 12.4. The number of carbonyl (C=O) groups excluding carboxylic acids is 1. The van der Waals surface area contributed by atoms with E-state index in [1.807, 2.05) is 26.0 Å². The molecule has 2 bridgehead atoms. The summed E-state index contributed by atoms with van der Waals surface area (Å²) in [6.07, 6.45) is 0.372. The molecule has 1 N–H and O–H groups in total. The Kier molecular flexibility index (Phi) is 2.24. The molecule has 3 aliphatic heterocycles. The minimum Gasteiger partial charge on any atom is -0.348 e. The highest BCUT2D eigenvalue weighted by molar-refractivity contribution is 5.92. The van der Waals surface area contributed by atoms with E-state index in [-0.39, 0.29) is 29.9 Å². The predicted octanol–water partition coefficient (Wildman–Crippen LogP) is 2.24. The topological polar surface area (TPSA) is 47.6 Å². The lowest BCUT2D eigenvalue weighted by atomic mass is 9.54. The van der Waals surface area contributed by atoms with Crippen molar-refractivity contribution in [2.24, 2.45) is 5.41 Å². The Hall–Kier alpha value is -1.39. The van der Waals surface area contributed by atoms with Crippen LogP contribution in [-0.2, 0) is 19.7 Å². The third kappa shape index (κ3) is 1.31. The molecule has 20 heavy (non-hydrogen) atoms. The van der Waals surface area contributed by atoms with Gasteiger partial charge in [-0.1, -0.05) is 31.2 Å². The van der Waals surface area contributed by atoms with Gasteiger partial charge in [-0.25, -0.2) is 0 Å². The van der Waals surface area contributed by atoms with Crippen LogP contribution < -0.4 is 5.32 Å². The van der Waals surface area contributed by atoms with Crippen molar-refractivity contribution in [1.82, 2.24) is 5.32 Å². The highest BCUT2D eigenvalue weighted by Crippen LogP contribution is 2.59. The second-order valence-corrected chi connectivity index (χ2v) is 6.68. The van der Waals surface area contributed by atoms with Crippen LogP contribution in [0.3, 0.4) is 0 Å². The van der Waals surface area contributed by atoms with Gasteiger partial charge in [0, 0.05) is 5.41 Å². The minimum absolute atomic E-state index is 0.0366. The number of ether oxygens (including phenoxy) is 2. The first kappa shape index (κ1) is 12.4. The van der Waals surface area contributed by atoms with Gasteiger partial charge < -0.3 is 14.8 Å². The van der Waals surface area contributed by atoms with Crippen molar-refractivity contribution in [2.45, 2.75) is 51.2 Å². The Labute approximate surface area is 118 Å². The van der Waals surface area contributed by atoms with E-state index >= 15 is 0 Å². The fraction of sp³-hybridized carbons (Fsp3) is 0.562. The largest absolute Gasteiger partial charge is 0.348 e. The summed E-state index contributed by atoms with van der Waals surface area (Å²) in [7, 11) is 0. The van der Waals surface area contributed by atoms with Crippen LogP contribution in [-0.4, -0.2) is 18.5 Å². The van der Waals surface area contributed by atoms with E-state index in [4.69, 9.17) is 9.47 Å². The molecule has 2 saturated heterocycles. The van der Waals surface area contributed by atoms with Crippen LogP contribution in [0.2, 0.25) is 0 Å². The van der Waals surface area contributed by atoms with Gasteiger partial charge in [0.1, 0.15) is 0 Å². The molecule has 4 nitrogen and oxygen atoms in total. The van der Waals surface area contributed by atoms with Gasteiger partial charge in [0.05, 0.1) is 11.5 Å². The standard InChI is InChI=1S/C16H19NO3/c1-9-19-14(20-9)16(3)8-15(2)11-7-5-4-6-10(11)12(16)17-13(15)18/h4-7,9,12,14H,8H2,1-3H3,(H,17,18). The molecule has 1 aliphatic carbocycles. The van der Waals surface area contributed by atoms with Crippen molar-refractivity contribution in [3.8, 4) is 0 Å². The third-order valence-corrected chi connectivity index (χ3v) is 5.21. The van der Waals surface area contributed by atoms with Gasteiger partial charge in [-0.3, -0.25) is 4.79 Å². The summed E-state index contributed by atoms with van der Waals surface area (Å²) < 4.78 is 11.5. The van der Waals surface area contributed by atoms with Crippen LogP contribution in [0.1, 0.15) is 44.4 Å². The van der Waals surface area contributed by atoms with Crippen molar-refractivity contribution in [1.29, 1.82) is 0 Å². The maximum atomic E-state index is 12.4. The first-order chi connectivity index (χ1) is 9.45.